The zero-order valence-electron chi connectivity index (χ0n) is 11.6. The zero-order valence-corrected chi connectivity index (χ0v) is 12.4. The number of carbonyl (C=O) groups excluding carboxylic acids is 1. The van der Waals surface area contributed by atoms with Gasteiger partial charge in [-0.15, -0.1) is 0 Å². The topological polar surface area (TPSA) is 49.8 Å². The lowest BCUT2D eigenvalue weighted by atomic mass is 9.94. The van der Waals surface area contributed by atoms with E-state index in [1.807, 2.05) is 19.1 Å². The Bertz CT molecular complexity index is 466. The number of halogens is 1. The van der Waals surface area contributed by atoms with Crippen molar-refractivity contribution in [3.8, 4) is 5.75 Å². The van der Waals surface area contributed by atoms with Crippen molar-refractivity contribution in [1.29, 1.82) is 0 Å². The summed E-state index contributed by atoms with van der Waals surface area (Å²) in [6, 6.07) is 7.13. The molecule has 5 heteroatoms. The van der Waals surface area contributed by atoms with Gasteiger partial charge in [-0.2, -0.15) is 0 Å². The van der Waals surface area contributed by atoms with Crippen LogP contribution in [0.25, 0.3) is 0 Å². The van der Waals surface area contributed by atoms with Crippen LogP contribution >= 0.6 is 11.6 Å². The van der Waals surface area contributed by atoms with Gasteiger partial charge >= 0.3 is 0 Å². The molecule has 0 unspecified atom stereocenters. The molecule has 0 atom stereocenters. The van der Waals surface area contributed by atoms with E-state index in [0.717, 1.165) is 0 Å². The Labute approximate surface area is 124 Å². The average molecular weight is 298 g/mol. The first-order chi connectivity index (χ1) is 9.46. The van der Waals surface area contributed by atoms with Crippen molar-refractivity contribution in [3.05, 3.63) is 29.3 Å². The van der Waals surface area contributed by atoms with E-state index < -0.39 is 5.60 Å². The first kappa shape index (κ1) is 15.1. The summed E-state index contributed by atoms with van der Waals surface area (Å²) in [6.07, 6.45) is 1.61. The molecule has 1 heterocycles. The van der Waals surface area contributed by atoms with E-state index >= 15 is 0 Å². The predicted molar refractivity (Wildman–Crippen MR) is 78.0 cm³/mol. The molecule has 1 amide bonds. The summed E-state index contributed by atoms with van der Waals surface area (Å²) in [4.78, 5) is 13.8. The lowest BCUT2D eigenvalue weighted by Gasteiger charge is -2.35. The normalized spacial score (nSPS) is 17.9. The summed E-state index contributed by atoms with van der Waals surface area (Å²) in [7, 11) is 0. The van der Waals surface area contributed by atoms with E-state index in [1.54, 1.807) is 17.0 Å². The molecule has 1 aromatic carbocycles. The van der Waals surface area contributed by atoms with E-state index in [2.05, 4.69) is 0 Å². The minimum absolute atomic E-state index is 0.0718. The van der Waals surface area contributed by atoms with Gasteiger partial charge in [0.2, 0.25) is 5.91 Å². The second-order valence-electron chi connectivity index (χ2n) is 5.43. The SMILES string of the molecule is CC1(O)CCN(C(=O)CCOc2cccc(Cl)c2)CC1. The molecule has 2 rings (SSSR count). The largest absolute Gasteiger partial charge is 0.493 e. The van der Waals surface area contributed by atoms with Crippen molar-refractivity contribution in [2.45, 2.75) is 31.8 Å². The molecule has 4 nitrogen and oxygen atoms in total. The molecule has 0 radical (unpaired) electrons. The van der Waals surface area contributed by atoms with Gasteiger partial charge < -0.3 is 14.7 Å². The lowest BCUT2D eigenvalue weighted by Crippen LogP contribution is -2.45. The second-order valence-corrected chi connectivity index (χ2v) is 5.87. The van der Waals surface area contributed by atoms with Crippen molar-refractivity contribution in [1.82, 2.24) is 4.90 Å². The molecule has 110 valence electrons. The molecule has 1 saturated heterocycles. The van der Waals surface area contributed by atoms with Gasteiger partial charge in [-0.05, 0) is 38.0 Å². The van der Waals surface area contributed by atoms with E-state index in [4.69, 9.17) is 16.3 Å². The van der Waals surface area contributed by atoms with Crippen LogP contribution in [0.2, 0.25) is 5.02 Å². The first-order valence-corrected chi connectivity index (χ1v) is 7.23. The van der Waals surface area contributed by atoms with Gasteiger partial charge in [0.1, 0.15) is 5.75 Å². The number of ether oxygens (including phenoxy) is 1. The maximum Gasteiger partial charge on any atom is 0.226 e. The summed E-state index contributed by atoms with van der Waals surface area (Å²) in [5.41, 5.74) is -0.631. The van der Waals surface area contributed by atoms with E-state index in [1.165, 1.54) is 0 Å². The number of nitrogens with zero attached hydrogens (tertiary/aromatic N) is 1. The molecule has 1 aliphatic heterocycles. The number of hydrogen-bond acceptors (Lipinski definition) is 3. The van der Waals surface area contributed by atoms with Crippen molar-refractivity contribution in [2.75, 3.05) is 19.7 Å². The fourth-order valence-electron chi connectivity index (χ4n) is 2.21. The Morgan fingerprint density at radius 2 is 2.15 bits per heavy atom. The molecular weight excluding hydrogens is 278 g/mol. The Kier molecular flexibility index (Phi) is 4.89. The fraction of sp³-hybridized carbons (Fsp3) is 0.533. The highest BCUT2D eigenvalue weighted by Gasteiger charge is 2.29. The van der Waals surface area contributed by atoms with Gasteiger partial charge in [0.15, 0.2) is 0 Å². The van der Waals surface area contributed by atoms with Gasteiger partial charge in [-0.25, -0.2) is 0 Å². The van der Waals surface area contributed by atoms with Crippen LogP contribution in [0.5, 0.6) is 5.75 Å². The molecule has 0 aromatic heterocycles. The highest BCUT2D eigenvalue weighted by Crippen LogP contribution is 2.22. The summed E-state index contributed by atoms with van der Waals surface area (Å²) < 4.78 is 5.51. The number of amides is 1. The van der Waals surface area contributed by atoms with E-state index in [-0.39, 0.29) is 5.91 Å². The average Bonchev–Trinajstić information content (AvgIpc) is 2.38. The third-order valence-electron chi connectivity index (χ3n) is 3.57. The standard InChI is InChI=1S/C15H20ClNO3/c1-15(19)6-8-17(9-7-15)14(18)5-10-20-13-4-2-3-12(16)11-13/h2-4,11,19H,5-10H2,1H3. The molecule has 0 bridgehead atoms. The van der Waals surface area contributed by atoms with Crippen LogP contribution in [-0.2, 0) is 4.79 Å². The summed E-state index contributed by atoms with van der Waals surface area (Å²) in [6.45, 7) is 3.38. The van der Waals surface area contributed by atoms with Crippen molar-refractivity contribution < 1.29 is 14.6 Å². The van der Waals surface area contributed by atoms with E-state index in [9.17, 15) is 9.90 Å². The molecule has 0 spiro atoms. The highest BCUT2D eigenvalue weighted by atomic mass is 35.5. The van der Waals surface area contributed by atoms with Crippen molar-refractivity contribution in [2.24, 2.45) is 0 Å². The smallest absolute Gasteiger partial charge is 0.226 e. The van der Waals surface area contributed by atoms with E-state index in [0.29, 0.717) is 49.7 Å². The highest BCUT2D eigenvalue weighted by molar-refractivity contribution is 6.30. The third-order valence-corrected chi connectivity index (χ3v) is 3.81. The minimum Gasteiger partial charge on any atom is -0.493 e. The van der Waals surface area contributed by atoms with Crippen LogP contribution in [0, 0.1) is 0 Å². The van der Waals surface area contributed by atoms with Gasteiger partial charge in [0.25, 0.3) is 0 Å². The molecule has 1 N–H and O–H groups in total. The minimum atomic E-state index is -0.631. The third kappa shape index (κ3) is 4.39. The Balaban J connectivity index is 1.73. The molecule has 1 aliphatic rings. The van der Waals surface area contributed by atoms with Crippen LogP contribution in [0.4, 0.5) is 0 Å². The Hall–Kier alpha value is -1.26. The summed E-state index contributed by atoms with van der Waals surface area (Å²) >= 11 is 5.86. The lowest BCUT2D eigenvalue weighted by molar-refractivity contribution is -0.135. The maximum absolute atomic E-state index is 12.0. The van der Waals surface area contributed by atoms with Crippen LogP contribution in [-0.4, -0.2) is 41.2 Å². The molecule has 0 saturated carbocycles. The number of carbonyl (C=O) groups is 1. The van der Waals surface area contributed by atoms with Gasteiger partial charge in [-0.1, -0.05) is 17.7 Å². The van der Waals surface area contributed by atoms with Crippen LogP contribution in [0.15, 0.2) is 24.3 Å². The van der Waals surface area contributed by atoms with Crippen molar-refractivity contribution >= 4 is 17.5 Å². The number of aliphatic hydroxyl groups is 1. The fourth-order valence-corrected chi connectivity index (χ4v) is 2.39. The molecule has 1 fully saturated rings. The molecular formula is C15H20ClNO3. The monoisotopic (exact) mass is 297 g/mol. The quantitative estimate of drug-likeness (QED) is 0.929. The number of likely N-dealkylation sites (tertiary alicyclic amines) is 1. The molecule has 1 aromatic rings. The van der Waals surface area contributed by atoms with Gasteiger partial charge in [0.05, 0.1) is 18.6 Å². The first-order valence-electron chi connectivity index (χ1n) is 6.85. The molecule has 20 heavy (non-hydrogen) atoms. The second kappa shape index (κ2) is 6.46. The predicted octanol–water partition coefficient (Wildman–Crippen LogP) is 2.48. The number of hydrogen-bond donors (Lipinski definition) is 1. The maximum atomic E-state index is 12.0. The van der Waals surface area contributed by atoms with Crippen LogP contribution < -0.4 is 4.74 Å². The zero-order chi connectivity index (χ0) is 14.6. The molecule has 0 aliphatic carbocycles. The number of piperidine rings is 1. The summed E-state index contributed by atoms with van der Waals surface area (Å²) in [5, 5.41) is 10.5. The Morgan fingerprint density at radius 1 is 1.45 bits per heavy atom. The van der Waals surface area contributed by atoms with Crippen molar-refractivity contribution in [3.63, 3.8) is 0 Å². The van der Waals surface area contributed by atoms with Crippen LogP contribution in [0.1, 0.15) is 26.2 Å². The summed E-state index contributed by atoms with van der Waals surface area (Å²) in [5.74, 6) is 0.745. The van der Waals surface area contributed by atoms with Gasteiger partial charge in [0, 0.05) is 18.1 Å². The number of rotatable bonds is 4. The van der Waals surface area contributed by atoms with Gasteiger partial charge in [-0.3, -0.25) is 4.79 Å². The Morgan fingerprint density at radius 3 is 2.80 bits per heavy atom. The number of benzene rings is 1. The van der Waals surface area contributed by atoms with Crippen LogP contribution in [0.3, 0.4) is 0 Å².